The van der Waals surface area contributed by atoms with Crippen molar-refractivity contribution >= 4 is 17.3 Å². The van der Waals surface area contributed by atoms with Crippen LogP contribution in [0.15, 0.2) is 18.2 Å². The van der Waals surface area contributed by atoms with Gasteiger partial charge >= 0.3 is 0 Å². The number of carbonyl (C=O) groups is 1. The van der Waals surface area contributed by atoms with E-state index < -0.39 is 0 Å². The maximum absolute atomic E-state index is 11.3. The van der Waals surface area contributed by atoms with Crippen molar-refractivity contribution in [1.82, 2.24) is 0 Å². The van der Waals surface area contributed by atoms with E-state index in [1.54, 1.807) is 0 Å². The minimum absolute atomic E-state index is 0.0911. The van der Waals surface area contributed by atoms with Crippen LogP contribution in [0.5, 0.6) is 0 Å². The second-order valence-corrected chi connectivity index (χ2v) is 5.49. The third-order valence-corrected chi connectivity index (χ3v) is 3.75. The molecule has 0 radical (unpaired) electrons. The number of aliphatic hydroxyl groups excluding tert-OH is 1. The first kappa shape index (κ1) is 13.9. The fraction of sp³-hybridized carbons (Fsp3) is 0.533. The van der Waals surface area contributed by atoms with Gasteiger partial charge in [-0.15, -0.1) is 0 Å². The van der Waals surface area contributed by atoms with Crippen LogP contribution in [0.1, 0.15) is 25.8 Å². The third kappa shape index (κ3) is 3.47. The van der Waals surface area contributed by atoms with Gasteiger partial charge in [-0.25, -0.2) is 0 Å². The number of nitrogens with one attached hydrogen (secondary N) is 2. The summed E-state index contributed by atoms with van der Waals surface area (Å²) in [5.74, 6) is 0.804. The molecule has 0 aromatic heterocycles. The summed E-state index contributed by atoms with van der Waals surface area (Å²) in [4.78, 5) is 11.3. The Morgan fingerprint density at radius 1 is 1.37 bits per heavy atom. The molecule has 4 nitrogen and oxygen atoms in total. The predicted octanol–water partition coefficient (Wildman–Crippen LogP) is 2.25. The summed E-state index contributed by atoms with van der Waals surface area (Å²) >= 11 is 0. The maximum atomic E-state index is 11.3. The molecule has 19 heavy (non-hydrogen) atoms. The van der Waals surface area contributed by atoms with Crippen molar-refractivity contribution in [2.75, 3.05) is 23.8 Å². The first-order valence-electron chi connectivity index (χ1n) is 6.87. The summed E-state index contributed by atoms with van der Waals surface area (Å²) in [7, 11) is 0. The molecule has 4 heteroatoms. The number of anilines is 2. The van der Waals surface area contributed by atoms with Crippen LogP contribution in [0.25, 0.3) is 0 Å². The molecule has 0 saturated carbocycles. The monoisotopic (exact) mass is 262 g/mol. The highest BCUT2D eigenvalue weighted by Crippen LogP contribution is 2.26. The summed E-state index contributed by atoms with van der Waals surface area (Å²) < 4.78 is 0. The SMILES string of the molecule is CC(C)C(CO)CNc1ccc2c(c1)CCC(=O)N2. The van der Waals surface area contributed by atoms with Gasteiger partial charge in [-0.3, -0.25) is 4.79 Å². The van der Waals surface area contributed by atoms with E-state index in [-0.39, 0.29) is 18.4 Å². The van der Waals surface area contributed by atoms with Crippen molar-refractivity contribution in [1.29, 1.82) is 0 Å². The lowest BCUT2D eigenvalue weighted by atomic mass is 9.96. The smallest absolute Gasteiger partial charge is 0.224 e. The number of hydrogen-bond acceptors (Lipinski definition) is 3. The zero-order chi connectivity index (χ0) is 13.8. The zero-order valence-electron chi connectivity index (χ0n) is 11.6. The quantitative estimate of drug-likeness (QED) is 0.762. The number of carbonyl (C=O) groups excluding carboxylic acids is 1. The van der Waals surface area contributed by atoms with Crippen LogP contribution in [0.4, 0.5) is 11.4 Å². The summed E-state index contributed by atoms with van der Waals surface area (Å²) in [6, 6.07) is 6.00. The zero-order valence-corrected chi connectivity index (χ0v) is 11.6. The van der Waals surface area contributed by atoms with Gasteiger partial charge in [0.05, 0.1) is 0 Å². The summed E-state index contributed by atoms with van der Waals surface area (Å²) in [6.07, 6.45) is 1.35. The van der Waals surface area contributed by atoms with Gasteiger partial charge in [-0.1, -0.05) is 13.8 Å². The molecule has 1 atom stereocenters. The number of hydrogen-bond donors (Lipinski definition) is 3. The molecule has 1 aliphatic rings. The fourth-order valence-corrected chi connectivity index (χ4v) is 2.25. The first-order valence-corrected chi connectivity index (χ1v) is 6.87. The molecular weight excluding hydrogens is 240 g/mol. The standard InChI is InChI=1S/C15H22N2O2/c1-10(2)12(9-18)8-16-13-4-5-14-11(7-13)3-6-15(19)17-14/h4-5,7,10,12,16,18H,3,6,8-9H2,1-2H3,(H,17,19). The van der Waals surface area contributed by atoms with Crippen molar-refractivity contribution in [2.45, 2.75) is 26.7 Å². The third-order valence-electron chi connectivity index (χ3n) is 3.75. The molecule has 1 aliphatic heterocycles. The Morgan fingerprint density at radius 3 is 2.84 bits per heavy atom. The van der Waals surface area contributed by atoms with E-state index in [0.29, 0.717) is 12.3 Å². The summed E-state index contributed by atoms with van der Waals surface area (Å²) in [6.45, 7) is 5.20. The molecule has 1 amide bonds. The number of amides is 1. The molecule has 0 bridgehead atoms. The van der Waals surface area contributed by atoms with Gasteiger partial charge in [-0.2, -0.15) is 0 Å². The normalized spacial score (nSPS) is 15.9. The number of rotatable bonds is 5. The Kier molecular flexibility index (Phi) is 4.43. The van der Waals surface area contributed by atoms with Gasteiger partial charge in [0.25, 0.3) is 0 Å². The highest BCUT2D eigenvalue weighted by molar-refractivity contribution is 5.94. The Hall–Kier alpha value is -1.55. The number of aliphatic hydroxyl groups is 1. The number of fused-ring (bicyclic) bond motifs is 1. The number of aryl methyl sites for hydroxylation is 1. The summed E-state index contributed by atoms with van der Waals surface area (Å²) in [5.41, 5.74) is 3.15. The van der Waals surface area contributed by atoms with E-state index in [9.17, 15) is 9.90 Å². The van der Waals surface area contributed by atoms with Crippen LogP contribution < -0.4 is 10.6 Å². The molecule has 104 valence electrons. The van der Waals surface area contributed by atoms with Gasteiger partial charge < -0.3 is 15.7 Å². The molecule has 0 aliphatic carbocycles. The van der Waals surface area contributed by atoms with E-state index in [0.717, 1.165) is 24.3 Å². The van der Waals surface area contributed by atoms with Crippen LogP contribution in [0.2, 0.25) is 0 Å². The molecule has 1 aromatic rings. The second-order valence-electron chi connectivity index (χ2n) is 5.49. The molecule has 1 aromatic carbocycles. The van der Waals surface area contributed by atoms with Gasteiger partial charge in [0.15, 0.2) is 0 Å². The average Bonchev–Trinajstić information content (AvgIpc) is 2.39. The Morgan fingerprint density at radius 2 is 2.16 bits per heavy atom. The van der Waals surface area contributed by atoms with Crippen LogP contribution in [0, 0.1) is 11.8 Å². The van der Waals surface area contributed by atoms with Crippen LogP contribution in [-0.4, -0.2) is 24.2 Å². The van der Waals surface area contributed by atoms with Crippen LogP contribution in [0.3, 0.4) is 0 Å². The van der Waals surface area contributed by atoms with E-state index in [2.05, 4.69) is 30.5 Å². The molecule has 1 unspecified atom stereocenters. The minimum atomic E-state index is 0.0911. The lowest BCUT2D eigenvalue weighted by Gasteiger charge is -2.21. The largest absolute Gasteiger partial charge is 0.396 e. The fourth-order valence-electron chi connectivity index (χ4n) is 2.25. The molecular formula is C15H22N2O2. The lowest BCUT2D eigenvalue weighted by molar-refractivity contribution is -0.116. The molecule has 0 spiro atoms. The average molecular weight is 262 g/mol. The van der Waals surface area contributed by atoms with Gasteiger partial charge in [0.1, 0.15) is 0 Å². The Balaban J connectivity index is 2.00. The lowest BCUT2D eigenvalue weighted by Crippen LogP contribution is -2.23. The summed E-state index contributed by atoms with van der Waals surface area (Å²) in [5, 5.41) is 15.5. The van der Waals surface area contributed by atoms with Crippen molar-refractivity contribution in [3.63, 3.8) is 0 Å². The van der Waals surface area contributed by atoms with Crippen molar-refractivity contribution in [3.8, 4) is 0 Å². The highest BCUT2D eigenvalue weighted by atomic mass is 16.3. The van der Waals surface area contributed by atoms with Crippen LogP contribution >= 0.6 is 0 Å². The molecule has 1 heterocycles. The molecule has 3 N–H and O–H groups in total. The Labute approximate surface area is 114 Å². The van der Waals surface area contributed by atoms with Gasteiger partial charge in [-0.05, 0) is 36.1 Å². The van der Waals surface area contributed by atoms with E-state index in [1.807, 2.05) is 12.1 Å². The first-order chi connectivity index (χ1) is 9.10. The van der Waals surface area contributed by atoms with E-state index in [4.69, 9.17) is 0 Å². The Bertz CT molecular complexity index is 457. The minimum Gasteiger partial charge on any atom is -0.396 e. The molecule has 0 saturated heterocycles. The topological polar surface area (TPSA) is 61.4 Å². The molecule has 0 fully saturated rings. The predicted molar refractivity (Wildman–Crippen MR) is 77.3 cm³/mol. The number of benzene rings is 1. The van der Waals surface area contributed by atoms with Crippen molar-refractivity contribution in [3.05, 3.63) is 23.8 Å². The van der Waals surface area contributed by atoms with Crippen LogP contribution in [-0.2, 0) is 11.2 Å². The van der Waals surface area contributed by atoms with Gasteiger partial charge in [0.2, 0.25) is 5.91 Å². The van der Waals surface area contributed by atoms with Crippen molar-refractivity contribution < 1.29 is 9.90 Å². The highest BCUT2D eigenvalue weighted by Gasteiger charge is 2.15. The van der Waals surface area contributed by atoms with E-state index >= 15 is 0 Å². The maximum Gasteiger partial charge on any atom is 0.224 e. The molecule has 2 rings (SSSR count). The van der Waals surface area contributed by atoms with Crippen molar-refractivity contribution in [2.24, 2.45) is 11.8 Å². The van der Waals surface area contributed by atoms with Gasteiger partial charge in [0, 0.05) is 36.9 Å². The van der Waals surface area contributed by atoms with E-state index in [1.165, 1.54) is 5.56 Å². The second kappa shape index (κ2) is 6.06.